The highest BCUT2D eigenvalue weighted by Gasteiger charge is 2.32. The first-order chi connectivity index (χ1) is 9.59. The third kappa shape index (κ3) is 3.42. The SMILES string of the molecule is CCCN(C1CCCNC1)S(=O)(=O)c1ccc(CC)s1. The molecule has 1 aliphatic rings. The average Bonchev–Trinajstić information content (AvgIpc) is 2.95. The summed E-state index contributed by atoms with van der Waals surface area (Å²) in [6, 6.07) is 3.79. The van der Waals surface area contributed by atoms with E-state index in [0.717, 1.165) is 43.6 Å². The zero-order valence-electron chi connectivity index (χ0n) is 12.3. The van der Waals surface area contributed by atoms with Crippen molar-refractivity contribution in [2.24, 2.45) is 0 Å². The van der Waals surface area contributed by atoms with Gasteiger partial charge in [-0.2, -0.15) is 4.31 Å². The maximum Gasteiger partial charge on any atom is 0.252 e. The summed E-state index contributed by atoms with van der Waals surface area (Å²) in [6.45, 7) is 6.45. The van der Waals surface area contributed by atoms with E-state index >= 15 is 0 Å². The van der Waals surface area contributed by atoms with Crippen molar-refractivity contribution in [3.8, 4) is 0 Å². The number of nitrogens with one attached hydrogen (secondary N) is 1. The number of rotatable bonds is 6. The molecule has 1 unspecified atom stereocenters. The van der Waals surface area contributed by atoms with Crippen LogP contribution in [0.5, 0.6) is 0 Å². The lowest BCUT2D eigenvalue weighted by atomic mass is 10.1. The van der Waals surface area contributed by atoms with Crippen molar-refractivity contribution in [2.75, 3.05) is 19.6 Å². The van der Waals surface area contributed by atoms with E-state index < -0.39 is 10.0 Å². The zero-order valence-corrected chi connectivity index (χ0v) is 13.9. The molecule has 1 aromatic rings. The molecule has 1 fully saturated rings. The van der Waals surface area contributed by atoms with E-state index in [0.29, 0.717) is 10.8 Å². The number of piperidine rings is 1. The molecule has 1 aliphatic heterocycles. The quantitative estimate of drug-likeness (QED) is 0.877. The molecule has 114 valence electrons. The summed E-state index contributed by atoms with van der Waals surface area (Å²) in [5.74, 6) is 0. The van der Waals surface area contributed by atoms with Crippen molar-refractivity contribution < 1.29 is 8.42 Å². The van der Waals surface area contributed by atoms with E-state index in [9.17, 15) is 8.42 Å². The van der Waals surface area contributed by atoms with Gasteiger partial charge in [-0.05, 0) is 44.4 Å². The molecule has 0 aliphatic carbocycles. The van der Waals surface area contributed by atoms with Gasteiger partial charge in [0.05, 0.1) is 0 Å². The summed E-state index contributed by atoms with van der Waals surface area (Å²) in [4.78, 5) is 1.13. The molecule has 0 bridgehead atoms. The van der Waals surface area contributed by atoms with Crippen LogP contribution in [0.1, 0.15) is 38.0 Å². The summed E-state index contributed by atoms with van der Waals surface area (Å²) in [5, 5.41) is 3.31. The van der Waals surface area contributed by atoms with Crippen LogP contribution in [0, 0.1) is 0 Å². The first-order valence-electron chi connectivity index (χ1n) is 7.40. The summed E-state index contributed by atoms with van der Waals surface area (Å²) in [6.07, 6.45) is 3.74. The third-order valence-electron chi connectivity index (χ3n) is 3.67. The van der Waals surface area contributed by atoms with Crippen LogP contribution in [0.2, 0.25) is 0 Å². The molecule has 20 heavy (non-hydrogen) atoms. The van der Waals surface area contributed by atoms with Crippen molar-refractivity contribution >= 4 is 21.4 Å². The van der Waals surface area contributed by atoms with Crippen LogP contribution < -0.4 is 5.32 Å². The van der Waals surface area contributed by atoms with Crippen molar-refractivity contribution in [1.29, 1.82) is 0 Å². The molecule has 0 aromatic carbocycles. The summed E-state index contributed by atoms with van der Waals surface area (Å²) >= 11 is 1.41. The molecule has 4 nitrogen and oxygen atoms in total. The van der Waals surface area contributed by atoms with Gasteiger partial charge in [0, 0.05) is 24.0 Å². The van der Waals surface area contributed by atoms with Crippen LogP contribution in [0.15, 0.2) is 16.3 Å². The lowest BCUT2D eigenvalue weighted by Gasteiger charge is -2.33. The second kappa shape index (κ2) is 7.02. The van der Waals surface area contributed by atoms with Gasteiger partial charge in [0.2, 0.25) is 0 Å². The molecule has 1 aromatic heterocycles. The Labute approximate surface area is 126 Å². The molecule has 1 N–H and O–H groups in total. The topological polar surface area (TPSA) is 49.4 Å². The van der Waals surface area contributed by atoms with E-state index in [1.54, 1.807) is 10.4 Å². The molecule has 1 atom stereocenters. The third-order valence-corrected chi connectivity index (χ3v) is 7.32. The molecule has 1 saturated heterocycles. The van der Waals surface area contributed by atoms with Gasteiger partial charge in [-0.3, -0.25) is 0 Å². The fraction of sp³-hybridized carbons (Fsp3) is 0.714. The number of aryl methyl sites for hydroxylation is 1. The largest absolute Gasteiger partial charge is 0.315 e. The molecule has 6 heteroatoms. The van der Waals surface area contributed by atoms with Crippen molar-refractivity contribution in [1.82, 2.24) is 9.62 Å². The van der Waals surface area contributed by atoms with Crippen molar-refractivity contribution in [2.45, 2.75) is 49.8 Å². The van der Waals surface area contributed by atoms with Gasteiger partial charge < -0.3 is 5.32 Å². The fourth-order valence-corrected chi connectivity index (χ4v) is 5.77. The van der Waals surface area contributed by atoms with Gasteiger partial charge in [-0.1, -0.05) is 13.8 Å². The van der Waals surface area contributed by atoms with E-state index in [-0.39, 0.29) is 6.04 Å². The first-order valence-corrected chi connectivity index (χ1v) is 9.66. The Balaban J connectivity index is 2.26. The molecular formula is C14H24N2O2S2. The smallest absolute Gasteiger partial charge is 0.252 e. The minimum Gasteiger partial charge on any atom is -0.315 e. The Hall–Kier alpha value is -0.430. The summed E-state index contributed by atoms with van der Waals surface area (Å²) in [5.41, 5.74) is 0. The lowest BCUT2D eigenvalue weighted by Crippen LogP contribution is -2.48. The van der Waals surface area contributed by atoms with Crippen LogP contribution in [0.3, 0.4) is 0 Å². The van der Waals surface area contributed by atoms with Gasteiger partial charge >= 0.3 is 0 Å². The molecule has 0 spiro atoms. The second-order valence-electron chi connectivity index (χ2n) is 5.19. The predicted molar refractivity (Wildman–Crippen MR) is 83.8 cm³/mol. The van der Waals surface area contributed by atoms with Gasteiger partial charge in [-0.15, -0.1) is 11.3 Å². The number of thiophene rings is 1. The van der Waals surface area contributed by atoms with Gasteiger partial charge in [0.15, 0.2) is 0 Å². The van der Waals surface area contributed by atoms with Crippen molar-refractivity contribution in [3.05, 3.63) is 17.0 Å². The molecule has 0 saturated carbocycles. The Morgan fingerprint density at radius 1 is 1.40 bits per heavy atom. The van der Waals surface area contributed by atoms with Gasteiger partial charge in [-0.25, -0.2) is 8.42 Å². The molecular weight excluding hydrogens is 292 g/mol. The van der Waals surface area contributed by atoms with Gasteiger partial charge in [0.1, 0.15) is 4.21 Å². The Bertz CT molecular complexity index is 519. The normalized spacial score (nSPS) is 20.4. The van der Waals surface area contributed by atoms with E-state index in [1.807, 2.05) is 13.0 Å². The number of sulfonamides is 1. The van der Waals surface area contributed by atoms with Crippen LogP contribution >= 0.6 is 11.3 Å². The van der Waals surface area contributed by atoms with E-state index in [4.69, 9.17) is 0 Å². The minimum absolute atomic E-state index is 0.0980. The second-order valence-corrected chi connectivity index (χ2v) is 8.48. The standard InChI is InChI=1S/C14H24N2O2S2/c1-3-10-16(12-6-5-9-15-11-12)20(17,18)14-8-7-13(4-2)19-14/h7-8,12,15H,3-6,9-11H2,1-2H3. The van der Waals surface area contributed by atoms with Crippen LogP contribution in [-0.2, 0) is 16.4 Å². The van der Waals surface area contributed by atoms with Gasteiger partial charge in [0.25, 0.3) is 10.0 Å². The maximum atomic E-state index is 12.9. The Kier molecular flexibility index (Phi) is 5.60. The zero-order chi connectivity index (χ0) is 14.6. The van der Waals surface area contributed by atoms with E-state index in [1.165, 1.54) is 11.3 Å². The molecule has 0 amide bonds. The summed E-state index contributed by atoms with van der Waals surface area (Å²) in [7, 11) is -3.34. The van der Waals surface area contributed by atoms with Crippen molar-refractivity contribution in [3.63, 3.8) is 0 Å². The van der Waals surface area contributed by atoms with E-state index in [2.05, 4.69) is 12.2 Å². The lowest BCUT2D eigenvalue weighted by molar-refractivity contribution is 0.266. The molecule has 0 radical (unpaired) electrons. The maximum absolute atomic E-state index is 12.9. The predicted octanol–water partition coefficient (Wildman–Crippen LogP) is 2.46. The minimum atomic E-state index is -3.34. The number of hydrogen-bond donors (Lipinski definition) is 1. The number of nitrogens with zero attached hydrogens (tertiary/aromatic N) is 1. The highest BCUT2D eigenvalue weighted by atomic mass is 32.2. The van der Waals surface area contributed by atoms with Crippen LogP contribution in [0.25, 0.3) is 0 Å². The van der Waals surface area contributed by atoms with Crippen LogP contribution in [-0.4, -0.2) is 38.4 Å². The Morgan fingerprint density at radius 3 is 2.75 bits per heavy atom. The molecule has 2 heterocycles. The monoisotopic (exact) mass is 316 g/mol. The number of hydrogen-bond acceptors (Lipinski definition) is 4. The molecule has 2 rings (SSSR count). The first kappa shape index (κ1) is 15.9. The summed E-state index contributed by atoms with van der Waals surface area (Å²) < 4.78 is 27.9. The highest BCUT2D eigenvalue weighted by molar-refractivity contribution is 7.91. The average molecular weight is 316 g/mol. The highest BCUT2D eigenvalue weighted by Crippen LogP contribution is 2.28. The van der Waals surface area contributed by atoms with Crippen LogP contribution in [0.4, 0.5) is 0 Å². The Morgan fingerprint density at radius 2 is 2.20 bits per heavy atom. The fourth-order valence-electron chi connectivity index (χ4n) is 2.60.